The molecule has 31 heavy (non-hydrogen) atoms. The molecule has 7 heteroatoms. The van der Waals surface area contributed by atoms with E-state index in [0.29, 0.717) is 5.69 Å². The topological polar surface area (TPSA) is 58.2 Å². The van der Waals surface area contributed by atoms with Gasteiger partial charge in [-0.2, -0.15) is 0 Å². The van der Waals surface area contributed by atoms with E-state index in [2.05, 4.69) is 67.6 Å². The van der Waals surface area contributed by atoms with Crippen molar-refractivity contribution < 1.29 is 4.43 Å². The summed E-state index contributed by atoms with van der Waals surface area (Å²) in [4.78, 5) is 27.2. The fourth-order valence-electron chi connectivity index (χ4n) is 3.88. The smallest absolute Gasteiger partial charge is 0.352 e. The van der Waals surface area contributed by atoms with E-state index in [4.69, 9.17) is 4.43 Å². The second-order valence-electron chi connectivity index (χ2n) is 10.8. The molecule has 0 unspecified atom stereocenters. The van der Waals surface area contributed by atoms with Gasteiger partial charge in [-0.25, -0.2) is 23.5 Å². The van der Waals surface area contributed by atoms with Crippen molar-refractivity contribution in [3.05, 3.63) is 63.1 Å². The van der Waals surface area contributed by atoms with E-state index >= 15 is 0 Å². The molecule has 0 amide bonds. The van der Waals surface area contributed by atoms with Crippen molar-refractivity contribution in [2.24, 2.45) is 11.8 Å². The van der Waals surface area contributed by atoms with Crippen LogP contribution in [-0.4, -0.2) is 22.2 Å². The monoisotopic (exact) mass is 443 g/mol. The zero-order chi connectivity index (χ0) is 23.3. The maximum atomic E-state index is 13.7. The van der Waals surface area contributed by atoms with Gasteiger partial charge < -0.3 is 4.43 Å². The summed E-state index contributed by atoms with van der Waals surface area (Å²) in [6, 6.07) is 8.58. The Hall–Kier alpha value is -2.28. The van der Waals surface area contributed by atoms with Crippen LogP contribution in [0.5, 0.6) is 0 Å². The van der Waals surface area contributed by atoms with E-state index in [0.717, 1.165) is 5.76 Å². The molecule has 0 bridgehead atoms. The van der Waals surface area contributed by atoms with Gasteiger partial charge in [0.15, 0.2) is 0 Å². The number of fused-ring (bicyclic) bond motifs is 1. The van der Waals surface area contributed by atoms with Crippen LogP contribution < -0.4 is 11.4 Å². The minimum absolute atomic E-state index is 0.0285. The van der Waals surface area contributed by atoms with E-state index in [-0.39, 0.29) is 40.3 Å². The Morgan fingerprint density at radius 3 is 1.94 bits per heavy atom. The first-order valence-corrected chi connectivity index (χ1v) is 14.1. The van der Waals surface area contributed by atoms with Crippen LogP contribution in [0.1, 0.15) is 60.5 Å². The van der Waals surface area contributed by atoms with E-state index < -0.39 is 8.32 Å². The van der Waals surface area contributed by atoms with Gasteiger partial charge in [0, 0.05) is 0 Å². The van der Waals surface area contributed by atoms with Gasteiger partial charge in [-0.05, 0) is 48.2 Å². The molecule has 0 saturated heterocycles. The van der Waals surface area contributed by atoms with E-state index in [1.807, 2.05) is 18.2 Å². The summed E-state index contributed by atoms with van der Waals surface area (Å²) in [5.74, 6) is 1.04. The molecular weight excluding hydrogens is 406 g/mol. The van der Waals surface area contributed by atoms with E-state index in [9.17, 15) is 9.59 Å². The van der Waals surface area contributed by atoms with Gasteiger partial charge in [0.25, 0.3) is 0 Å². The quantitative estimate of drug-likeness (QED) is 0.603. The zero-order valence-electron chi connectivity index (χ0n) is 20.3. The summed E-state index contributed by atoms with van der Waals surface area (Å²) >= 11 is 0. The second kappa shape index (κ2) is 8.00. The van der Waals surface area contributed by atoms with Gasteiger partial charge in [0.05, 0.1) is 11.7 Å². The van der Waals surface area contributed by atoms with Crippen molar-refractivity contribution in [1.29, 1.82) is 0 Å². The Morgan fingerprint density at radius 2 is 1.45 bits per heavy atom. The zero-order valence-corrected chi connectivity index (χ0v) is 21.3. The highest BCUT2D eigenvalue weighted by molar-refractivity contribution is 6.74. The molecule has 1 aromatic heterocycles. The number of nitrogens with zero attached hydrogens (tertiary/aromatic N) is 3. The van der Waals surface area contributed by atoms with Gasteiger partial charge >= 0.3 is 11.4 Å². The normalized spacial score (nSPS) is 19.5. The predicted octanol–water partition coefficient (Wildman–Crippen LogP) is 5.11. The van der Waals surface area contributed by atoms with Crippen LogP contribution in [-0.2, 0) is 4.43 Å². The second-order valence-corrected chi connectivity index (χ2v) is 15.5. The van der Waals surface area contributed by atoms with Crippen LogP contribution >= 0.6 is 0 Å². The number of aromatic nitrogens is 3. The van der Waals surface area contributed by atoms with Crippen molar-refractivity contribution in [2.45, 2.75) is 78.7 Å². The third-order valence-corrected chi connectivity index (χ3v) is 11.0. The van der Waals surface area contributed by atoms with Gasteiger partial charge in [-0.1, -0.05) is 66.7 Å². The molecule has 0 spiro atoms. The number of allylic oxidation sites excluding steroid dienone is 2. The predicted molar refractivity (Wildman–Crippen MR) is 128 cm³/mol. The summed E-state index contributed by atoms with van der Waals surface area (Å²) in [5.41, 5.74) is -0.0306. The lowest BCUT2D eigenvalue weighted by molar-refractivity contribution is 0.189. The highest BCUT2D eigenvalue weighted by Crippen LogP contribution is 2.42. The van der Waals surface area contributed by atoms with Crippen molar-refractivity contribution >= 4 is 8.32 Å². The summed E-state index contributed by atoms with van der Waals surface area (Å²) in [7, 11) is -2.13. The van der Waals surface area contributed by atoms with Crippen LogP contribution in [0.3, 0.4) is 0 Å². The molecule has 2 heterocycles. The molecule has 0 N–H and O–H groups in total. The molecule has 0 aliphatic carbocycles. The van der Waals surface area contributed by atoms with Crippen molar-refractivity contribution in [2.75, 3.05) is 0 Å². The summed E-state index contributed by atoms with van der Waals surface area (Å²) in [6.07, 6.45) is 2.09. The van der Waals surface area contributed by atoms with Gasteiger partial charge in [-0.15, -0.1) is 0 Å². The first-order valence-electron chi connectivity index (χ1n) is 11.2. The number of para-hydroxylation sites is 1. The Balaban J connectivity index is 2.27. The molecule has 2 aromatic rings. The first-order chi connectivity index (χ1) is 14.3. The Labute approximate surface area is 186 Å². The number of hydrogen-bond acceptors (Lipinski definition) is 3. The largest absolute Gasteiger partial charge is 0.545 e. The molecule has 6 nitrogen and oxygen atoms in total. The molecule has 1 aromatic carbocycles. The maximum absolute atomic E-state index is 13.7. The van der Waals surface area contributed by atoms with Crippen LogP contribution in [0.15, 0.2) is 51.8 Å². The number of rotatable bonds is 5. The minimum Gasteiger partial charge on any atom is -0.545 e. The molecule has 2 atom stereocenters. The van der Waals surface area contributed by atoms with Crippen molar-refractivity contribution in [3.63, 3.8) is 0 Å². The molecule has 1 aliphatic heterocycles. The minimum atomic E-state index is -2.13. The molecule has 0 fully saturated rings. The average Bonchev–Trinajstić information content (AvgIpc) is 2.91. The van der Waals surface area contributed by atoms with Gasteiger partial charge in [-0.3, -0.25) is 0 Å². The lowest BCUT2D eigenvalue weighted by atomic mass is 9.95. The Bertz CT molecular complexity index is 1080. The summed E-state index contributed by atoms with van der Waals surface area (Å²) in [6.45, 7) is 19.4. The lowest BCUT2D eigenvalue weighted by Crippen LogP contribution is -2.46. The number of benzene rings is 1. The fraction of sp³-hybridized carbons (Fsp3) is 0.583. The molecule has 3 rings (SSSR count). The van der Waals surface area contributed by atoms with Crippen molar-refractivity contribution in [3.8, 4) is 5.69 Å². The Kier molecular flexibility index (Phi) is 6.04. The summed E-state index contributed by atoms with van der Waals surface area (Å²) < 4.78 is 11.4. The third-order valence-electron chi connectivity index (χ3n) is 6.69. The van der Waals surface area contributed by atoms with Gasteiger partial charge in [0.1, 0.15) is 11.8 Å². The molecule has 170 valence electrons. The number of hydrogen-bond donors (Lipinski definition) is 0. The highest BCUT2D eigenvalue weighted by atomic mass is 28.4. The van der Waals surface area contributed by atoms with E-state index in [1.54, 1.807) is 21.5 Å². The van der Waals surface area contributed by atoms with Crippen LogP contribution in [0.25, 0.3) is 5.69 Å². The molecule has 0 radical (unpaired) electrons. The summed E-state index contributed by atoms with van der Waals surface area (Å²) in [5, 5.41) is 0.0285. The highest BCUT2D eigenvalue weighted by Gasteiger charge is 2.44. The Morgan fingerprint density at radius 1 is 0.903 bits per heavy atom. The molecular formula is C24H37N3O3Si. The van der Waals surface area contributed by atoms with Crippen LogP contribution in [0.2, 0.25) is 18.1 Å². The third kappa shape index (κ3) is 4.00. The molecule has 1 aliphatic rings. The van der Waals surface area contributed by atoms with Gasteiger partial charge in [0.2, 0.25) is 8.32 Å². The molecule has 0 saturated carbocycles. The van der Waals surface area contributed by atoms with Crippen LogP contribution in [0.4, 0.5) is 0 Å². The lowest BCUT2D eigenvalue weighted by Gasteiger charge is -2.42. The SMILES string of the molecule is CC(C)[C@H]1C(O[Si](C)(C)C(C)(C)C)=C[C@@H](C(C)C)n2c(=O)n(-c3ccccc3)c(=O)n21. The van der Waals surface area contributed by atoms with Crippen LogP contribution in [0, 0.1) is 11.8 Å². The van der Waals surface area contributed by atoms with E-state index in [1.165, 1.54) is 4.57 Å². The first kappa shape index (κ1) is 23.4. The fourth-order valence-corrected chi connectivity index (χ4v) is 4.96. The standard InChI is InChI=1S/C24H37N3O3Si/c1-16(2)19-15-20(30-31(8,9)24(5,6)7)21(17(3)4)27-23(29)25(22(28)26(19)27)18-13-11-10-12-14-18/h10-17,19,21H,1-9H3/t19-,21-/m0/s1. The maximum Gasteiger partial charge on any atom is 0.352 e. The average molecular weight is 444 g/mol. The van der Waals surface area contributed by atoms with Crippen molar-refractivity contribution in [1.82, 2.24) is 13.9 Å².